The highest BCUT2D eigenvalue weighted by atomic mass is 19.1. The summed E-state index contributed by atoms with van der Waals surface area (Å²) < 4.78 is 18.8. The van der Waals surface area contributed by atoms with Gasteiger partial charge in [0.1, 0.15) is 18.2 Å². The van der Waals surface area contributed by atoms with Gasteiger partial charge in [0.2, 0.25) is 5.95 Å². The fourth-order valence-electron chi connectivity index (χ4n) is 3.13. The Morgan fingerprint density at radius 3 is 2.47 bits per heavy atom. The number of aromatic nitrogens is 2. The number of carboxylic acid groups (broad SMARTS) is 1. The van der Waals surface area contributed by atoms with Crippen LogP contribution in [0.3, 0.4) is 0 Å². The van der Waals surface area contributed by atoms with Gasteiger partial charge < -0.3 is 15.2 Å². The normalized spacial score (nSPS) is 10.6. The second-order valence-corrected chi connectivity index (χ2v) is 7.08. The average Bonchev–Trinajstić information content (AvgIpc) is 2.70. The minimum atomic E-state index is -1.08. The molecule has 2 aromatic carbocycles. The molecule has 6 nitrogen and oxygen atoms in total. The zero-order valence-electron chi connectivity index (χ0n) is 17.0. The lowest BCUT2D eigenvalue weighted by Crippen LogP contribution is -2.16. The van der Waals surface area contributed by atoms with E-state index in [1.807, 2.05) is 26.0 Å². The zero-order valence-corrected chi connectivity index (χ0v) is 17.0. The molecule has 0 aliphatic carbocycles. The molecule has 1 heterocycles. The number of aromatic carboxylic acids is 1. The van der Waals surface area contributed by atoms with Crippen LogP contribution in [-0.2, 0) is 12.8 Å². The van der Waals surface area contributed by atoms with Crippen molar-refractivity contribution in [3.8, 4) is 5.75 Å². The molecule has 0 amide bonds. The van der Waals surface area contributed by atoms with Crippen LogP contribution >= 0.6 is 0 Å². The maximum Gasteiger partial charge on any atom is 0.339 e. The third-order valence-corrected chi connectivity index (χ3v) is 4.51. The Labute approximate surface area is 174 Å². The van der Waals surface area contributed by atoms with Crippen LogP contribution in [0.15, 0.2) is 48.7 Å². The maximum absolute atomic E-state index is 13.1. The Hall–Kier alpha value is -3.48. The van der Waals surface area contributed by atoms with E-state index in [-0.39, 0.29) is 11.4 Å². The van der Waals surface area contributed by atoms with Gasteiger partial charge >= 0.3 is 5.97 Å². The van der Waals surface area contributed by atoms with E-state index in [1.165, 1.54) is 18.3 Å². The number of rotatable bonds is 9. The van der Waals surface area contributed by atoms with E-state index in [2.05, 4.69) is 21.4 Å². The minimum Gasteiger partial charge on any atom is -0.492 e. The molecule has 0 saturated carbocycles. The lowest BCUT2D eigenvalue weighted by atomic mass is 10.1. The minimum absolute atomic E-state index is 0.0640. The van der Waals surface area contributed by atoms with Crippen LogP contribution in [0.5, 0.6) is 5.75 Å². The SMILES string of the molecule is Cc1cc(C)cc(OCCNc2ncc(C(=O)O)c(CCc3ccc(F)cc3)n2)c1. The fourth-order valence-corrected chi connectivity index (χ4v) is 3.13. The van der Waals surface area contributed by atoms with Crippen molar-refractivity contribution in [3.05, 3.63) is 82.4 Å². The Bertz CT molecular complexity index is 1000. The van der Waals surface area contributed by atoms with E-state index >= 15 is 0 Å². The van der Waals surface area contributed by atoms with E-state index in [0.717, 1.165) is 22.4 Å². The highest BCUT2D eigenvalue weighted by molar-refractivity contribution is 5.88. The van der Waals surface area contributed by atoms with Gasteiger partial charge in [-0.1, -0.05) is 18.2 Å². The number of carbonyl (C=O) groups is 1. The summed E-state index contributed by atoms with van der Waals surface area (Å²) >= 11 is 0. The molecule has 0 bridgehead atoms. The Morgan fingerprint density at radius 2 is 1.80 bits per heavy atom. The van der Waals surface area contributed by atoms with Gasteiger partial charge in [-0.25, -0.2) is 19.2 Å². The molecule has 0 spiro atoms. The number of hydrogen-bond acceptors (Lipinski definition) is 5. The van der Waals surface area contributed by atoms with Gasteiger partial charge in [-0.3, -0.25) is 0 Å². The molecular weight excluding hydrogens is 385 g/mol. The van der Waals surface area contributed by atoms with Gasteiger partial charge in [-0.15, -0.1) is 0 Å². The van der Waals surface area contributed by atoms with Crippen LogP contribution in [-0.4, -0.2) is 34.2 Å². The largest absolute Gasteiger partial charge is 0.492 e. The zero-order chi connectivity index (χ0) is 21.5. The molecule has 0 saturated heterocycles. The van der Waals surface area contributed by atoms with Gasteiger partial charge in [0.15, 0.2) is 0 Å². The van der Waals surface area contributed by atoms with Crippen molar-refractivity contribution in [1.29, 1.82) is 0 Å². The van der Waals surface area contributed by atoms with E-state index in [9.17, 15) is 14.3 Å². The predicted molar refractivity (Wildman–Crippen MR) is 113 cm³/mol. The highest BCUT2D eigenvalue weighted by Crippen LogP contribution is 2.16. The molecule has 0 unspecified atom stereocenters. The molecule has 7 heteroatoms. The van der Waals surface area contributed by atoms with Crippen LogP contribution in [0.1, 0.15) is 32.7 Å². The average molecular weight is 409 g/mol. The van der Waals surface area contributed by atoms with E-state index < -0.39 is 5.97 Å². The molecule has 30 heavy (non-hydrogen) atoms. The van der Waals surface area contributed by atoms with Gasteiger partial charge in [-0.05, 0) is 67.6 Å². The summed E-state index contributed by atoms with van der Waals surface area (Å²) in [4.78, 5) is 19.9. The van der Waals surface area contributed by atoms with Crippen LogP contribution in [0.4, 0.5) is 10.3 Å². The van der Waals surface area contributed by atoms with Crippen molar-refractivity contribution >= 4 is 11.9 Å². The Balaban J connectivity index is 1.60. The predicted octanol–water partition coefficient (Wildman–Crippen LogP) is 4.21. The van der Waals surface area contributed by atoms with Crippen molar-refractivity contribution in [1.82, 2.24) is 9.97 Å². The quantitative estimate of drug-likeness (QED) is 0.515. The number of aryl methyl sites for hydroxylation is 4. The molecule has 156 valence electrons. The molecule has 0 radical (unpaired) electrons. The van der Waals surface area contributed by atoms with Crippen LogP contribution in [0, 0.1) is 19.7 Å². The number of nitrogens with one attached hydrogen (secondary N) is 1. The smallest absolute Gasteiger partial charge is 0.339 e. The fraction of sp³-hybridized carbons (Fsp3) is 0.261. The first-order valence-electron chi connectivity index (χ1n) is 9.69. The molecule has 0 atom stereocenters. The number of anilines is 1. The molecule has 3 aromatic rings. The topological polar surface area (TPSA) is 84.3 Å². The number of benzene rings is 2. The monoisotopic (exact) mass is 409 g/mol. The van der Waals surface area contributed by atoms with Crippen LogP contribution in [0.25, 0.3) is 0 Å². The first kappa shape index (κ1) is 21.2. The third-order valence-electron chi connectivity index (χ3n) is 4.51. The Morgan fingerprint density at radius 1 is 1.10 bits per heavy atom. The second-order valence-electron chi connectivity index (χ2n) is 7.08. The standard InChI is InChI=1S/C23H24FN3O3/c1-15-11-16(2)13-19(12-15)30-10-9-25-23-26-14-20(22(28)29)21(27-23)8-5-17-3-6-18(24)7-4-17/h3-4,6-7,11-14H,5,8-10H2,1-2H3,(H,28,29)(H,25,26,27). The molecule has 0 aliphatic heterocycles. The summed E-state index contributed by atoms with van der Waals surface area (Å²) in [5.41, 5.74) is 3.67. The van der Waals surface area contributed by atoms with Crippen molar-refractivity contribution in [2.75, 3.05) is 18.5 Å². The van der Waals surface area contributed by atoms with E-state index in [1.54, 1.807) is 12.1 Å². The molecule has 0 fully saturated rings. The molecule has 0 aliphatic rings. The number of halogens is 1. The summed E-state index contributed by atoms with van der Waals surface area (Å²) in [6, 6.07) is 12.2. The number of hydrogen-bond donors (Lipinski definition) is 2. The van der Waals surface area contributed by atoms with Crippen molar-refractivity contribution in [3.63, 3.8) is 0 Å². The summed E-state index contributed by atoms with van der Waals surface area (Å²) in [5.74, 6) is -0.232. The van der Waals surface area contributed by atoms with Gasteiger partial charge in [0.05, 0.1) is 17.8 Å². The number of carboxylic acids is 1. The number of nitrogens with zero attached hydrogens (tertiary/aromatic N) is 2. The van der Waals surface area contributed by atoms with Crippen molar-refractivity contribution in [2.45, 2.75) is 26.7 Å². The van der Waals surface area contributed by atoms with Gasteiger partial charge in [-0.2, -0.15) is 0 Å². The van der Waals surface area contributed by atoms with Crippen molar-refractivity contribution < 1.29 is 19.0 Å². The lowest BCUT2D eigenvalue weighted by Gasteiger charge is -2.11. The van der Waals surface area contributed by atoms with Gasteiger partial charge in [0.25, 0.3) is 0 Å². The summed E-state index contributed by atoms with van der Waals surface area (Å²) in [6.07, 6.45) is 2.26. The van der Waals surface area contributed by atoms with Gasteiger partial charge in [0, 0.05) is 6.20 Å². The van der Waals surface area contributed by atoms with Crippen molar-refractivity contribution in [2.24, 2.45) is 0 Å². The number of ether oxygens (including phenoxy) is 1. The highest BCUT2D eigenvalue weighted by Gasteiger charge is 2.14. The molecule has 3 rings (SSSR count). The lowest BCUT2D eigenvalue weighted by molar-refractivity contribution is 0.0694. The molecule has 2 N–H and O–H groups in total. The summed E-state index contributed by atoms with van der Waals surface area (Å²) in [7, 11) is 0. The summed E-state index contributed by atoms with van der Waals surface area (Å²) in [5, 5.41) is 12.5. The van der Waals surface area contributed by atoms with E-state index in [0.29, 0.717) is 37.6 Å². The summed E-state index contributed by atoms with van der Waals surface area (Å²) in [6.45, 7) is 4.92. The first-order valence-corrected chi connectivity index (χ1v) is 9.69. The third kappa shape index (κ3) is 6.01. The second kappa shape index (κ2) is 9.82. The Kier molecular flexibility index (Phi) is 6.95. The van der Waals surface area contributed by atoms with Crippen LogP contribution < -0.4 is 10.1 Å². The maximum atomic E-state index is 13.1. The molecular formula is C23H24FN3O3. The van der Waals surface area contributed by atoms with Crippen LogP contribution in [0.2, 0.25) is 0 Å². The first-order chi connectivity index (χ1) is 14.4. The van der Waals surface area contributed by atoms with E-state index in [4.69, 9.17) is 4.74 Å². The molecule has 1 aromatic heterocycles.